The highest BCUT2D eigenvalue weighted by Crippen LogP contribution is 2.09. The molecule has 1 rings (SSSR count). The topological polar surface area (TPSA) is 74.7 Å². The Morgan fingerprint density at radius 3 is 2.78 bits per heavy atom. The molecule has 100 valence electrons. The minimum absolute atomic E-state index is 0.210. The molecule has 0 aliphatic heterocycles. The SMILES string of the molecule is CC(C)OCCN(C)c1ccc(C(=O)NO)cn1. The second kappa shape index (κ2) is 6.93. The molecule has 0 aliphatic carbocycles. The molecule has 1 heterocycles. The number of hydroxylamine groups is 1. The lowest BCUT2D eigenvalue weighted by molar-refractivity contribution is 0.0706. The number of rotatable bonds is 6. The van der Waals surface area contributed by atoms with Crippen molar-refractivity contribution in [1.82, 2.24) is 10.5 Å². The Balaban J connectivity index is 2.53. The first-order valence-corrected chi connectivity index (χ1v) is 5.78. The van der Waals surface area contributed by atoms with Crippen LogP contribution in [0.4, 0.5) is 5.82 Å². The molecule has 1 aromatic rings. The van der Waals surface area contributed by atoms with Crippen LogP contribution in [0.15, 0.2) is 18.3 Å². The van der Waals surface area contributed by atoms with Crippen molar-refractivity contribution in [3.8, 4) is 0 Å². The van der Waals surface area contributed by atoms with E-state index in [1.165, 1.54) is 6.20 Å². The van der Waals surface area contributed by atoms with Gasteiger partial charge in [0.05, 0.1) is 18.3 Å². The van der Waals surface area contributed by atoms with Gasteiger partial charge in [0.15, 0.2) is 0 Å². The normalized spacial score (nSPS) is 10.5. The number of hydrogen-bond donors (Lipinski definition) is 2. The maximum Gasteiger partial charge on any atom is 0.276 e. The predicted octanol–water partition coefficient (Wildman–Crippen LogP) is 1.06. The van der Waals surface area contributed by atoms with E-state index in [0.717, 1.165) is 12.4 Å². The van der Waals surface area contributed by atoms with Gasteiger partial charge in [-0.05, 0) is 26.0 Å². The third kappa shape index (κ3) is 4.31. The van der Waals surface area contributed by atoms with Gasteiger partial charge in [0, 0.05) is 19.8 Å². The number of carbonyl (C=O) groups is 1. The summed E-state index contributed by atoms with van der Waals surface area (Å²) < 4.78 is 5.45. The Bertz CT molecular complexity index is 379. The molecule has 6 nitrogen and oxygen atoms in total. The number of nitrogens with one attached hydrogen (secondary N) is 1. The Hall–Kier alpha value is -1.66. The molecule has 1 amide bonds. The summed E-state index contributed by atoms with van der Waals surface area (Å²) >= 11 is 0. The fourth-order valence-corrected chi connectivity index (χ4v) is 1.35. The number of nitrogens with zero attached hydrogens (tertiary/aromatic N) is 2. The second-order valence-electron chi connectivity index (χ2n) is 4.19. The van der Waals surface area contributed by atoms with Crippen LogP contribution in [-0.4, -0.2) is 42.4 Å². The maximum atomic E-state index is 11.1. The lowest BCUT2D eigenvalue weighted by Crippen LogP contribution is -2.25. The average Bonchev–Trinajstić information content (AvgIpc) is 2.37. The molecule has 0 aromatic carbocycles. The fraction of sp³-hybridized carbons (Fsp3) is 0.500. The van der Waals surface area contributed by atoms with Crippen molar-refractivity contribution in [3.63, 3.8) is 0 Å². The first kappa shape index (κ1) is 14.4. The Labute approximate surface area is 107 Å². The number of hydrogen-bond acceptors (Lipinski definition) is 5. The molecule has 0 bridgehead atoms. The van der Waals surface area contributed by atoms with Crippen molar-refractivity contribution < 1.29 is 14.7 Å². The van der Waals surface area contributed by atoms with E-state index in [2.05, 4.69) is 4.98 Å². The number of amides is 1. The zero-order valence-corrected chi connectivity index (χ0v) is 10.9. The van der Waals surface area contributed by atoms with Crippen LogP contribution in [0.3, 0.4) is 0 Å². The molecule has 18 heavy (non-hydrogen) atoms. The van der Waals surface area contributed by atoms with Gasteiger partial charge in [0.2, 0.25) is 0 Å². The van der Waals surface area contributed by atoms with Crippen LogP contribution in [0, 0.1) is 0 Å². The minimum Gasteiger partial charge on any atom is -0.377 e. The Morgan fingerprint density at radius 1 is 1.56 bits per heavy atom. The monoisotopic (exact) mass is 253 g/mol. The molecule has 0 unspecified atom stereocenters. The van der Waals surface area contributed by atoms with E-state index in [4.69, 9.17) is 9.94 Å². The number of carbonyl (C=O) groups excluding carboxylic acids is 1. The summed E-state index contributed by atoms with van der Waals surface area (Å²) in [6.07, 6.45) is 1.63. The molecule has 0 aliphatic rings. The van der Waals surface area contributed by atoms with Crippen molar-refractivity contribution in [3.05, 3.63) is 23.9 Å². The largest absolute Gasteiger partial charge is 0.377 e. The molecular weight excluding hydrogens is 234 g/mol. The molecule has 0 radical (unpaired) electrons. The van der Waals surface area contributed by atoms with E-state index in [1.807, 2.05) is 25.8 Å². The average molecular weight is 253 g/mol. The van der Waals surface area contributed by atoms with Gasteiger partial charge < -0.3 is 9.64 Å². The summed E-state index contributed by atoms with van der Waals surface area (Å²) in [7, 11) is 1.90. The molecule has 6 heteroatoms. The van der Waals surface area contributed by atoms with Crippen molar-refractivity contribution in [2.75, 3.05) is 25.1 Å². The molecule has 2 N–H and O–H groups in total. The van der Waals surface area contributed by atoms with Crippen LogP contribution >= 0.6 is 0 Å². The molecule has 0 atom stereocenters. The van der Waals surface area contributed by atoms with Crippen LogP contribution < -0.4 is 10.4 Å². The zero-order chi connectivity index (χ0) is 13.5. The van der Waals surface area contributed by atoms with Gasteiger partial charge in [-0.2, -0.15) is 0 Å². The van der Waals surface area contributed by atoms with Crippen LogP contribution in [0.25, 0.3) is 0 Å². The summed E-state index contributed by atoms with van der Waals surface area (Å²) in [4.78, 5) is 17.2. The number of pyridine rings is 1. The van der Waals surface area contributed by atoms with Crippen molar-refractivity contribution in [2.24, 2.45) is 0 Å². The van der Waals surface area contributed by atoms with E-state index in [-0.39, 0.29) is 6.10 Å². The standard InChI is InChI=1S/C12H19N3O3/c1-9(2)18-7-6-15(3)11-5-4-10(8-13-11)12(16)14-17/h4-5,8-9,17H,6-7H2,1-3H3,(H,14,16). The first-order chi connectivity index (χ1) is 8.54. The van der Waals surface area contributed by atoms with Gasteiger partial charge in [0.1, 0.15) is 5.82 Å². The van der Waals surface area contributed by atoms with Gasteiger partial charge >= 0.3 is 0 Å². The lowest BCUT2D eigenvalue weighted by atomic mass is 10.2. The summed E-state index contributed by atoms with van der Waals surface area (Å²) in [6, 6.07) is 3.33. The van der Waals surface area contributed by atoms with Crippen molar-refractivity contribution in [1.29, 1.82) is 0 Å². The first-order valence-electron chi connectivity index (χ1n) is 5.78. The van der Waals surface area contributed by atoms with Gasteiger partial charge in [-0.3, -0.25) is 10.0 Å². The number of likely N-dealkylation sites (N-methyl/N-ethyl adjacent to an activating group) is 1. The van der Waals surface area contributed by atoms with Crippen molar-refractivity contribution in [2.45, 2.75) is 20.0 Å². The Kier molecular flexibility index (Phi) is 5.54. The van der Waals surface area contributed by atoms with E-state index in [1.54, 1.807) is 17.6 Å². The van der Waals surface area contributed by atoms with Gasteiger partial charge in [0.25, 0.3) is 5.91 Å². The van der Waals surface area contributed by atoms with Crippen molar-refractivity contribution >= 4 is 11.7 Å². The lowest BCUT2D eigenvalue weighted by Gasteiger charge is -2.19. The minimum atomic E-state index is -0.570. The van der Waals surface area contributed by atoms with Gasteiger partial charge in [-0.25, -0.2) is 10.5 Å². The number of anilines is 1. The van der Waals surface area contributed by atoms with E-state index < -0.39 is 5.91 Å². The zero-order valence-electron chi connectivity index (χ0n) is 10.9. The summed E-state index contributed by atoms with van der Waals surface area (Å²) in [5, 5.41) is 8.48. The predicted molar refractivity (Wildman–Crippen MR) is 67.8 cm³/mol. The number of ether oxygens (including phenoxy) is 1. The van der Waals surface area contributed by atoms with E-state index in [9.17, 15) is 4.79 Å². The van der Waals surface area contributed by atoms with Crippen LogP contribution in [0.2, 0.25) is 0 Å². The summed E-state index contributed by atoms with van der Waals surface area (Å²) in [6.45, 7) is 5.31. The molecule has 0 spiro atoms. The number of aromatic nitrogens is 1. The smallest absolute Gasteiger partial charge is 0.276 e. The van der Waals surface area contributed by atoms with Crippen LogP contribution in [-0.2, 0) is 4.74 Å². The third-order valence-corrected chi connectivity index (χ3v) is 2.38. The molecular formula is C12H19N3O3. The highest BCUT2D eigenvalue weighted by atomic mass is 16.5. The summed E-state index contributed by atoms with van der Waals surface area (Å²) in [5.74, 6) is 0.177. The van der Waals surface area contributed by atoms with E-state index >= 15 is 0 Å². The second-order valence-corrected chi connectivity index (χ2v) is 4.19. The van der Waals surface area contributed by atoms with Gasteiger partial charge in [-0.15, -0.1) is 0 Å². The highest BCUT2D eigenvalue weighted by molar-refractivity contribution is 5.93. The van der Waals surface area contributed by atoms with Crippen LogP contribution in [0.1, 0.15) is 24.2 Å². The fourth-order valence-electron chi connectivity index (χ4n) is 1.35. The summed E-state index contributed by atoms with van der Waals surface area (Å²) in [5.41, 5.74) is 1.88. The van der Waals surface area contributed by atoms with Crippen LogP contribution in [0.5, 0.6) is 0 Å². The Morgan fingerprint density at radius 2 is 2.28 bits per heavy atom. The quantitative estimate of drug-likeness (QED) is 0.586. The third-order valence-electron chi connectivity index (χ3n) is 2.38. The molecule has 0 saturated heterocycles. The maximum absolute atomic E-state index is 11.1. The molecule has 0 saturated carbocycles. The highest BCUT2D eigenvalue weighted by Gasteiger charge is 2.07. The van der Waals surface area contributed by atoms with Gasteiger partial charge in [-0.1, -0.05) is 0 Å². The molecule has 1 aromatic heterocycles. The molecule has 0 fully saturated rings. The van der Waals surface area contributed by atoms with E-state index in [0.29, 0.717) is 12.2 Å².